The van der Waals surface area contributed by atoms with E-state index in [0.717, 1.165) is 17.8 Å². The van der Waals surface area contributed by atoms with E-state index in [-0.39, 0.29) is 12.0 Å². The van der Waals surface area contributed by atoms with Gasteiger partial charge in [-0.05, 0) is 18.6 Å². The highest BCUT2D eigenvalue weighted by molar-refractivity contribution is 5.73. The Morgan fingerprint density at radius 3 is 2.67 bits per heavy atom. The lowest BCUT2D eigenvalue weighted by Crippen LogP contribution is -2.12. The van der Waals surface area contributed by atoms with Gasteiger partial charge in [0.2, 0.25) is 11.9 Å². The summed E-state index contributed by atoms with van der Waals surface area (Å²) in [5, 5.41) is 3.15. The van der Waals surface area contributed by atoms with Gasteiger partial charge in [-0.3, -0.25) is 0 Å². The average molecular weight is 288 g/mol. The van der Waals surface area contributed by atoms with Crippen molar-refractivity contribution in [3.05, 3.63) is 24.3 Å². The molecule has 1 aromatic carbocycles. The Morgan fingerprint density at radius 1 is 1.19 bits per heavy atom. The highest BCUT2D eigenvalue weighted by Gasteiger charge is 2.09. The Kier molecular flexibility index (Phi) is 4.76. The van der Waals surface area contributed by atoms with Crippen LogP contribution in [-0.2, 0) is 0 Å². The van der Waals surface area contributed by atoms with Gasteiger partial charge in [0.05, 0.1) is 18.0 Å². The Balaban J connectivity index is 2.25. The summed E-state index contributed by atoms with van der Waals surface area (Å²) in [5.41, 5.74) is 7.59. The fourth-order valence-corrected chi connectivity index (χ4v) is 1.78. The first-order valence-electron chi connectivity index (χ1n) is 6.78. The zero-order chi connectivity index (χ0) is 15.2. The summed E-state index contributed by atoms with van der Waals surface area (Å²) in [6.07, 6.45) is 0.873. The molecule has 0 amide bonds. The zero-order valence-electron chi connectivity index (χ0n) is 12.5. The van der Waals surface area contributed by atoms with Crippen LogP contribution in [0.4, 0.5) is 23.3 Å². The molecule has 0 saturated heterocycles. The summed E-state index contributed by atoms with van der Waals surface area (Å²) in [5.74, 6) is 0.490. The number of nitrogens with one attached hydrogen (secondary N) is 1. The van der Waals surface area contributed by atoms with Crippen molar-refractivity contribution in [2.75, 3.05) is 36.7 Å². The molecular formula is C14H20N6O. The molecule has 2 rings (SSSR count). The predicted molar refractivity (Wildman–Crippen MR) is 84.1 cm³/mol. The molecule has 0 unspecified atom stereocenters. The molecule has 1 heterocycles. The monoisotopic (exact) mass is 288 g/mol. The van der Waals surface area contributed by atoms with E-state index in [1.54, 1.807) is 0 Å². The fourth-order valence-electron chi connectivity index (χ4n) is 1.78. The van der Waals surface area contributed by atoms with Gasteiger partial charge in [-0.1, -0.05) is 19.1 Å². The van der Waals surface area contributed by atoms with Crippen LogP contribution in [0.25, 0.3) is 0 Å². The number of hydrogen-bond donors (Lipinski definition) is 2. The molecule has 0 atom stereocenters. The van der Waals surface area contributed by atoms with Crippen LogP contribution in [0.15, 0.2) is 24.3 Å². The molecule has 0 aliphatic heterocycles. The van der Waals surface area contributed by atoms with Gasteiger partial charge in [-0.15, -0.1) is 0 Å². The number of benzene rings is 1. The van der Waals surface area contributed by atoms with E-state index in [4.69, 9.17) is 10.5 Å². The second kappa shape index (κ2) is 6.74. The van der Waals surface area contributed by atoms with E-state index in [0.29, 0.717) is 12.6 Å². The van der Waals surface area contributed by atoms with Crippen molar-refractivity contribution < 1.29 is 4.74 Å². The number of ether oxygens (including phenoxy) is 1. The number of para-hydroxylation sites is 2. The van der Waals surface area contributed by atoms with E-state index in [1.807, 2.05) is 50.2 Å². The summed E-state index contributed by atoms with van der Waals surface area (Å²) < 4.78 is 5.40. The summed E-state index contributed by atoms with van der Waals surface area (Å²) in [6.45, 7) is 2.55. The molecule has 0 saturated carbocycles. The topological polar surface area (TPSA) is 89.2 Å². The molecule has 0 aliphatic carbocycles. The highest BCUT2D eigenvalue weighted by Crippen LogP contribution is 2.26. The van der Waals surface area contributed by atoms with E-state index in [2.05, 4.69) is 20.3 Å². The lowest BCUT2D eigenvalue weighted by molar-refractivity contribution is 0.292. The summed E-state index contributed by atoms with van der Waals surface area (Å²) in [7, 11) is 3.94. The molecule has 112 valence electrons. The molecule has 0 radical (unpaired) electrons. The highest BCUT2D eigenvalue weighted by atomic mass is 16.5. The Morgan fingerprint density at radius 2 is 1.95 bits per heavy atom. The average Bonchev–Trinajstić information content (AvgIpc) is 2.45. The SMILES string of the molecule is CCCOc1nc(N)nc(Nc2ccccc2N(C)C)n1. The van der Waals surface area contributed by atoms with Gasteiger partial charge in [0.1, 0.15) is 0 Å². The van der Waals surface area contributed by atoms with E-state index >= 15 is 0 Å². The second-order valence-electron chi connectivity index (χ2n) is 4.68. The number of nitrogen functional groups attached to an aromatic ring is 1. The lowest BCUT2D eigenvalue weighted by atomic mass is 10.2. The lowest BCUT2D eigenvalue weighted by Gasteiger charge is -2.17. The molecule has 2 aromatic rings. The maximum Gasteiger partial charge on any atom is 0.323 e. The first-order valence-corrected chi connectivity index (χ1v) is 6.78. The smallest absolute Gasteiger partial charge is 0.323 e. The minimum absolute atomic E-state index is 0.126. The van der Waals surface area contributed by atoms with Gasteiger partial charge in [-0.2, -0.15) is 15.0 Å². The standard InChI is InChI=1S/C14H20N6O/c1-4-9-21-14-18-12(15)17-13(19-14)16-10-7-5-6-8-11(10)20(2)3/h5-8H,4,9H2,1-3H3,(H3,15,16,17,18,19). The third-order valence-electron chi connectivity index (χ3n) is 2.70. The zero-order valence-corrected chi connectivity index (χ0v) is 12.5. The molecule has 3 N–H and O–H groups in total. The third-order valence-corrected chi connectivity index (χ3v) is 2.70. The van der Waals surface area contributed by atoms with Crippen LogP contribution in [0.5, 0.6) is 6.01 Å². The number of nitrogens with zero attached hydrogens (tertiary/aromatic N) is 4. The third kappa shape index (κ3) is 3.95. The normalized spacial score (nSPS) is 10.2. The Hall–Kier alpha value is -2.57. The molecule has 0 fully saturated rings. The minimum atomic E-state index is 0.126. The molecule has 1 aromatic heterocycles. The van der Waals surface area contributed by atoms with Crippen LogP contribution in [0, 0.1) is 0 Å². The molecule has 0 bridgehead atoms. The molecule has 7 heteroatoms. The van der Waals surface area contributed by atoms with Crippen molar-refractivity contribution in [2.24, 2.45) is 0 Å². The van der Waals surface area contributed by atoms with Crippen molar-refractivity contribution in [2.45, 2.75) is 13.3 Å². The van der Waals surface area contributed by atoms with Crippen LogP contribution in [0.1, 0.15) is 13.3 Å². The molecule has 7 nitrogen and oxygen atoms in total. The maximum atomic E-state index is 5.69. The van der Waals surface area contributed by atoms with Crippen molar-refractivity contribution in [3.63, 3.8) is 0 Å². The van der Waals surface area contributed by atoms with Crippen molar-refractivity contribution in [1.82, 2.24) is 15.0 Å². The van der Waals surface area contributed by atoms with Gasteiger partial charge in [0.25, 0.3) is 0 Å². The van der Waals surface area contributed by atoms with E-state index in [1.165, 1.54) is 0 Å². The van der Waals surface area contributed by atoms with Crippen LogP contribution < -0.4 is 20.7 Å². The van der Waals surface area contributed by atoms with Crippen molar-refractivity contribution in [3.8, 4) is 6.01 Å². The molecule has 0 spiro atoms. The summed E-state index contributed by atoms with van der Waals surface area (Å²) in [6, 6.07) is 8.09. The van der Waals surface area contributed by atoms with Crippen LogP contribution >= 0.6 is 0 Å². The molecule has 21 heavy (non-hydrogen) atoms. The predicted octanol–water partition coefficient (Wildman–Crippen LogP) is 2.05. The van der Waals surface area contributed by atoms with Crippen LogP contribution in [0.2, 0.25) is 0 Å². The Bertz CT molecular complexity index is 602. The molecular weight excluding hydrogens is 268 g/mol. The maximum absolute atomic E-state index is 5.69. The van der Waals surface area contributed by atoms with Crippen molar-refractivity contribution in [1.29, 1.82) is 0 Å². The number of anilines is 4. The number of nitrogens with two attached hydrogens (primary N) is 1. The van der Waals surface area contributed by atoms with Crippen LogP contribution in [-0.4, -0.2) is 35.7 Å². The van der Waals surface area contributed by atoms with Gasteiger partial charge in [0, 0.05) is 14.1 Å². The number of hydrogen-bond acceptors (Lipinski definition) is 7. The Labute approximate surface area is 124 Å². The number of rotatable bonds is 6. The van der Waals surface area contributed by atoms with Crippen LogP contribution in [0.3, 0.4) is 0 Å². The van der Waals surface area contributed by atoms with E-state index < -0.39 is 0 Å². The fraction of sp³-hybridized carbons (Fsp3) is 0.357. The van der Waals surface area contributed by atoms with Gasteiger partial charge < -0.3 is 20.7 Å². The number of aromatic nitrogens is 3. The first kappa shape index (κ1) is 14.8. The minimum Gasteiger partial charge on any atom is -0.463 e. The van der Waals surface area contributed by atoms with Gasteiger partial charge in [0.15, 0.2) is 0 Å². The summed E-state index contributed by atoms with van der Waals surface area (Å²) in [4.78, 5) is 14.3. The first-order chi connectivity index (χ1) is 10.1. The second-order valence-corrected chi connectivity index (χ2v) is 4.68. The van der Waals surface area contributed by atoms with Crippen molar-refractivity contribution >= 4 is 23.3 Å². The largest absolute Gasteiger partial charge is 0.463 e. The molecule has 0 aliphatic rings. The van der Waals surface area contributed by atoms with Gasteiger partial charge in [-0.25, -0.2) is 0 Å². The quantitative estimate of drug-likeness (QED) is 0.840. The van der Waals surface area contributed by atoms with Gasteiger partial charge >= 0.3 is 6.01 Å². The summed E-state index contributed by atoms with van der Waals surface area (Å²) >= 11 is 0. The van der Waals surface area contributed by atoms with E-state index in [9.17, 15) is 0 Å².